The number of halogens is 2. The zero-order valence-corrected chi connectivity index (χ0v) is 13.6. The van der Waals surface area contributed by atoms with Crippen LogP contribution < -0.4 is 10.1 Å². The highest BCUT2D eigenvalue weighted by Crippen LogP contribution is 2.20. The van der Waals surface area contributed by atoms with Crippen molar-refractivity contribution in [1.29, 1.82) is 0 Å². The van der Waals surface area contributed by atoms with E-state index in [1.807, 2.05) is 0 Å². The number of hydrogen-bond acceptors (Lipinski definition) is 4. The Morgan fingerprint density at radius 1 is 1.21 bits per heavy atom. The second-order valence-corrected chi connectivity index (χ2v) is 5.11. The third-order valence-corrected chi connectivity index (χ3v) is 3.18. The summed E-state index contributed by atoms with van der Waals surface area (Å²) in [6.45, 7) is 1.53. The van der Waals surface area contributed by atoms with E-state index in [0.29, 0.717) is 0 Å². The maximum atomic E-state index is 13.6. The van der Waals surface area contributed by atoms with Gasteiger partial charge in [0.05, 0.1) is 12.3 Å². The summed E-state index contributed by atoms with van der Waals surface area (Å²) in [7, 11) is 0. The number of benzene rings is 2. The minimum atomic E-state index is -0.650. The van der Waals surface area contributed by atoms with E-state index in [4.69, 9.17) is 21.1 Å². The lowest BCUT2D eigenvalue weighted by Crippen LogP contribution is -2.21. The predicted octanol–water partition coefficient (Wildman–Crippen LogP) is 3.67. The van der Waals surface area contributed by atoms with Crippen LogP contribution in [0.3, 0.4) is 0 Å². The molecule has 0 unspecified atom stereocenters. The van der Waals surface area contributed by atoms with Gasteiger partial charge in [0.25, 0.3) is 5.91 Å². The standard InChI is InChI=1S/C17H15ClFNO4/c1-2-23-17(22)12-5-3-4-6-15(12)24-10-16(21)20-14-8-7-11(18)9-13(14)19/h3-9H,2,10H2,1H3,(H,20,21). The highest BCUT2D eigenvalue weighted by atomic mass is 35.5. The van der Waals surface area contributed by atoms with Crippen LogP contribution in [0.4, 0.5) is 10.1 Å². The lowest BCUT2D eigenvalue weighted by Gasteiger charge is -2.11. The molecule has 126 valence electrons. The minimum Gasteiger partial charge on any atom is -0.483 e. The molecule has 0 aromatic heterocycles. The Hall–Kier alpha value is -2.60. The van der Waals surface area contributed by atoms with Crippen LogP contribution in [0.2, 0.25) is 5.02 Å². The molecule has 0 spiro atoms. The minimum absolute atomic E-state index is 0.00771. The fourth-order valence-electron chi connectivity index (χ4n) is 1.89. The number of ether oxygens (including phenoxy) is 2. The van der Waals surface area contributed by atoms with E-state index >= 15 is 0 Å². The summed E-state index contributed by atoms with van der Waals surface area (Å²) >= 11 is 5.65. The number of para-hydroxylation sites is 1. The lowest BCUT2D eigenvalue weighted by atomic mass is 10.2. The van der Waals surface area contributed by atoms with Gasteiger partial charge in [-0.1, -0.05) is 23.7 Å². The molecule has 2 aromatic rings. The fraction of sp³-hybridized carbons (Fsp3) is 0.176. The molecular formula is C17H15ClFNO4. The maximum absolute atomic E-state index is 13.6. The second kappa shape index (κ2) is 8.31. The summed E-state index contributed by atoms with van der Waals surface area (Å²) in [5, 5.41) is 2.59. The Bertz CT molecular complexity index is 751. The van der Waals surface area contributed by atoms with Crippen molar-refractivity contribution < 1.29 is 23.5 Å². The molecule has 0 atom stereocenters. The number of anilines is 1. The molecule has 24 heavy (non-hydrogen) atoms. The zero-order valence-electron chi connectivity index (χ0n) is 12.8. The highest BCUT2D eigenvalue weighted by Gasteiger charge is 2.14. The third kappa shape index (κ3) is 4.70. The van der Waals surface area contributed by atoms with Crippen LogP contribution in [0.5, 0.6) is 5.75 Å². The van der Waals surface area contributed by atoms with Crippen molar-refractivity contribution in [2.24, 2.45) is 0 Å². The number of rotatable bonds is 6. The third-order valence-electron chi connectivity index (χ3n) is 2.95. The van der Waals surface area contributed by atoms with Crippen molar-refractivity contribution in [3.63, 3.8) is 0 Å². The average molecular weight is 352 g/mol. The summed E-state index contributed by atoms with van der Waals surface area (Å²) in [5.74, 6) is -1.56. The van der Waals surface area contributed by atoms with Gasteiger partial charge in [0.2, 0.25) is 0 Å². The normalized spacial score (nSPS) is 10.1. The Balaban J connectivity index is 2.00. The summed E-state index contributed by atoms with van der Waals surface area (Å²) in [5.41, 5.74) is 0.205. The zero-order chi connectivity index (χ0) is 17.5. The van der Waals surface area contributed by atoms with Gasteiger partial charge in [-0.3, -0.25) is 4.79 Å². The Morgan fingerprint density at radius 3 is 2.67 bits per heavy atom. The van der Waals surface area contributed by atoms with Crippen molar-refractivity contribution >= 4 is 29.2 Å². The van der Waals surface area contributed by atoms with E-state index in [-0.39, 0.29) is 28.6 Å². The number of esters is 1. The summed E-state index contributed by atoms with van der Waals surface area (Å²) < 4.78 is 23.9. The molecule has 1 N–H and O–H groups in total. The molecule has 0 aliphatic heterocycles. The highest BCUT2D eigenvalue weighted by molar-refractivity contribution is 6.30. The first-order valence-electron chi connectivity index (χ1n) is 7.15. The Morgan fingerprint density at radius 2 is 1.96 bits per heavy atom. The number of carbonyl (C=O) groups excluding carboxylic acids is 2. The van der Waals surface area contributed by atoms with Gasteiger partial charge in [-0.2, -0.15) is 0 Å². The summed E-state index contributed by atoms with van der Waals surface area (Å²) in [6, 6.07) is 10.3. The molecule has 0 aliphatic rings. The van der Waals surface area contributed by atoms with Gasteiger partial charge >= 0.3 is 5.97 Å². The molecule has 7 heteroatoms. The predicted molar refractivity (Wildman–Crippen MR) is 87.9 cm³/mol. The number of carbonyl (C=O) groups is 2. The van der Waals surface area contributed by atoms with Crippen LogP contribution in [-0.4, -0.2) is 25.1 Å². The number of amides is 1. The first kappa shape index (κ1) is 17.7. The van der Waals surface area contributed by atoms with Crippen LogP contribution in [0.25, 0.3) is 0 Å². The van der Waals surface area contributed by atoms with E-state index in [0.717, 1.165) is 6.07 Å². The topological polar surface area (TPSA) is 64.6 Å². The maximum Gasteiger partial charge on any atom is 0.341 e. The second-order valence-electron chi connectivity index (χ2n) is 4.68. The molecule has 2 rings (SSSR count). The fourth-order valence-corrected chi connectivity index (χ4v) is 2.05. The van der Waals surface area contributed by atoms with Crippen molar-refractivity contribution in [1.82, 2.24) is 0 Å². The molecular weight excluding hydrogens is 337 g/mol. The van der Waals surface area contributed by atoms with E-state index in [1.54, 1.807) is 25.1 Å². The molecule has 1 amide bonds. The van der Waals surface area contributed by atoms with E-state index in [2.05, 4.69) is 5.32 Å². The lowest BCUT2D eigenvalue weighted by molar-refractivity contribution is -0.118. The average Bonchev–Trinajstić information content (AvgIpc) is 2.56. The summed E-state index contributed by atoms with van der Waals surface area (Å²) in [6.07, 6.45) is 0. The monoisotopic (exact) mass is 351 g/mol. The number of hydrogen-bond donors (Lipinski definition) is 1. The Labute approximate surface area is 143 Å². The molecule has 0 radical (unpaired) electrons. The van der Waals surface area contributed by atoms with Gasteiger partial charge in [0.15, 0.2) is 6.61 Å². The van der Waals surface area contributed by atoms with Gasteiger partial charge in [0.1, 0.15) is 17.1 Å². The molecule has 0 heterocycles. The van der Waals surface area contributed by atoms with E-state index in [1.165, 1.54) is 18.2 Å². The molecule has 2 aromatic carbocycles. The first-order chi connectivity index (χ1) is 11.5. The van der Waals surface area contributed by atoms with Gasteiger partial charge in [-0.05, 0) is 37.3 Å². The van der Waals surface area contributed by atoms with Gasteiger partial charge < -0.3 is 14.8 Å². The molecule has 0 saturated carbocycles. The van der Waals surface area contributed by atoms with Crippen LogP contribution in [0, 0.1) is 5.82 Å². The smallest absolute Gasteiger partial charge is 0.341 e. The van der Waals surface area contributed by atoms with Crippen molar-refractivity contribution in [2.75, 3.05) is 18.5 Å². The van der Waals surface area contributed by atoms with E-state index in [9.17, 15) is 14.0 Å². The number of nitrogens with one attached hydrogen (secondary N) is 1. The SMILES string of the molecule is CCOC(=O)c1ccccc1OCC(=O)Nc1ccc(Cl)cc1F. The van der Waals surface area contributed by atoms with E-state index < -0.39 is 24.3 Å². The van der Waals surface area contributed by atoms with Gasteiger partial charge in [-0.25, -0.2) is 9.18 Å². The van der Waals surface area contributed by atoms with Crippen LogP contribution in [-0.2, 0) is 9.53 Å². The molecule has 0 aliphatic carbocycles. The van der Waals surface area contributed by atoms with Gasteiger partial charge in [0, 0.05) is 5.02 Å². The first-order valence-corrected chi connectivity index (χ1v) is 7.53. The Kier molecular flexibility index (Phi) is 6.14. The van der Waals surface area contributed by atoms with Crippen molar-refractivity contribution in [3.8, 4) is 5.75 Å². The summed E-state index contributed by atoms with van der Waals surface area (Å²) in [4.78, 5) is 23.7. The van der Waals surface area contributed by atoms with Crippen molar-refractivity contribution in [3.05, 3.63) is 58.9 Å². The molecule has 0 fully saturated rings. The van der Waals surface area contributed by atoms with Crippen LogP contribution >= 0.6 is 11.6 Å². The largest absolute Gasteiger partial charge is 0.483 e. The van der Waals surface area contributed by atoms with Crippen LogP contribution in [0.15, 0.2) is 42.5 Å². The van der Waals surface area contributed by atoms with Crippen molar-refractivity contribution in [2.45, 2.75) is 6.92 Å². The van der Waals surface area contributed by atoms with Crippen LogP contribution in [0.1, 0.15) is 17.3 Å². The van der Waals surface area contributed by atoms with Gasteiger partial charge in [-0.15, -0.1) is 0 Å². The molecule has 5 nitrogen and oxygen atoms in total. The molecule has 0 bridgehead atoms. The quantitative estimate of drug-likeness (QED) is 0.806. The molecule has 0 saturated heterocycles.